The van der Waals surface area contributed by atoms with Crippen LogP contribution in [0.4, 0.5) is 0 Å². The molecule has 6 atom stereocenters. The lowest BCUT2D eigenvalue weighted by Crippen LogP contribution is -2.53. The maximum Gasteiger partial charge on any atom is 0.136 e. The van der Waals surface area contributed by atoms with Crippen LogP contribution >= 0.6 is 0 Å². The van der Waals surface area contributed by atoms with Gasteiger partial charge >= 0.3 is 0 Å². The van der Waals surface area contributed by atoms with Crippen LogP contribution in [0.1, 0.15) is 78.1 Å². The molecule has 0 aromatic rings. The second-order valence-electron chi connectivity index (χ2n) is 8.93. The summed E-state index contributed by atoms with van der Waals surface area (Å²) in [5.41, 5.74) is 0.946. The number of fused-ring (bicyclic) bond motifs is 5. The van der Waals surface area contributed by atoms with Crippen LogP contribution in [0.15, 0.2) is 0 Å². The van der Waals surface area contributed by atoms with Crippen LogP contribution in [0.25, 0.3) is 0 Å². The van der Waals surface area contributed by atoms with E-state index in [1.54, 1.807) is 0 Å². The average Bonchev–Trinajstić information content (AvgIpc) is 2.74. The maximum atomic E-state index is 12.5. The number of carbonyl (C=O) groups is 1. The number of ketones is 1. The first kappa shape index (κ1) is 13.3. The zero-order chi connectivity index (χ0) is 14.0. The molecule has 4 rings (SSSR count). The van der Waals surface area contributed by atoms with Gasteiger partial charge < -0.3 is 0 Å². The highest BCUT2D eigenvalue weighted by Gasteiger charge is 2.59. The van der Waals surface area contributed by atoms with Crippen LogP contribution < -0.4 is 0 Å². The van der Waals surface area contributed by atoms with Gasteiger partial charge in [-0.15, -0.1) is 0 Å². The molecule has 0 aromatic heterocycles. The highest BCUT2D eigenvalue weighted by atomic mass is 16.1. The molecule has 4 fully saturated rings. The Hall–Kier alpha value is -0.330. The monoisotopic (exact) mass is 274 g/mol. The van der Waals surface area contributed by atoms with Gasteiger partial charge in [0.2, 0.25) is 0 Å². The molecule has 0 spiro atoms. The third-order valence-electron chi connectivity index (χ3n) is 8.16. The molecule has 0 N–H and O–H groups in total. The Morgan fingerprint density at radius 2 is 1.80 bits per heavy atom. The van der Waals surface area contributed by atoms with Gasteiger partial charge in [0.05, 0.1) is 0 Å². The summed E-state index contributed by atoms with van der Waals surface area (Å²) in [6.07, 6.45) is 13.4. The fourth-order valence-electron chi connectivity index (χ4n) is 7.05. The van der Waals surface area contributed by atoms with Gasteiger partial charge in [-0.05, 0) is 73.5 Å². The van der Waals surface area contributed by atoms with Crippen molar-refractivity contribution in [2.75, 3.05) is 0 Å². The number of Topliss-reactive ketones (excluding diaryl/α,β-unsaturated/α-hetero) is 1. The summed E-state index contributed by atoms with van der Waals surface area (Å²) in [7, 11) is 0. The Kier molecular flexibility index (Phi) is 2.89. The molecule has 0 amide bonds. The summed E-state index contributed by atoms with van der Waals surface area (Å²) in [5, 5.41) is 0. The standard InChI is InChI=1S/C19H30O/c1-18-11-8-15-14(17(18)16(20)9-12-18)7-6-13-5-3-4-10-19(13,15)2/h13-15,17H,3-12H2,1-2H3/t13-,14-,15+,17+,18+,19-/m1/s1. The van der Waals surface area contributed by atoms with Gasteiger partial charge in [0.1, 0.15) is 5.78 Å². The topological polar surface area (TPSA) is 17.1 Å². The molecule has 0 aromatic carbocycles. The van der Waals surface area contributed by atoms with E-state index >= 15 is 0 Å². The summed E-state index contributed by atoms with van der Waals surface area (Å²) in [5.74, 6) is 3.63. The minimum absolute atomic E-state index is 0.371. The van der Waals surface area contributed by atoms with Gasteiger partial charge in [-0.1, -0.05) is 26.7 Å². The molecular formula is C19H30O. The summed E-state index contributed by atoms with van der Waals surface area (Å²) < 4.78 is 0. The number of rotatable bonds is 0. The third-order valence-corrected chi connectivity index (χ3v) is 8.16. The smallest absolute Gasteiger partial charge is 0.136 e. The van der Waals surface area contributed by atoms with E-state index in [0.29, 0.717) is 22.5 Å². The van der Waals surface area contributed by atoms with Crippen LogP contribution in [0.2, 0.25) is 0 Å². The summed E-state index contributed by atoms with van der Waals surface area (Å²) >= 11 is 0. The summed E-state index contributed by atoms with van der Waals surface area (Å²) in [6, 6.07) is 0. The van der Waals surface area contributed by atoms with E-state index in [2.05, 4.69) is 13.8 Å². The van der Waals surface area contributed by atoms with Gasteiger partial charge in [-0.3, -0.25) is 4.79 Å². The molecule has 112 valence electrons. The lowest BCUT2D eigenvalue weighted by Gasteiger charge is -2.59. The molecule has 0 saturated heterocycles. The van der Waals surface area contributed by atoms with Gasteiger partial charge in [-0.25, -0.2) is 0 Å². The van der Waals surface area contributed by atoms with E-state index in [4.69, 9.17) is 0 Å². The van der Waals surface area contributed by atoms with Gasteiger partial charge in [-0.2, -0.15) is 0 Å². The Bertz CT molecular complexity index is 427. The van der Waals surface area contributed by atoms with Crippen molar-refractivity contribution in [1.82, 2.24) is 0 Å². The molecule has 0 bridgehead atoms. The second kappa shape index (κ2) is 4.34. The van der Waals surface area contributed by atoms with Gasteiger partial charge in [0.25, 0.3) is 0 Å². The van der Waals surface area contributed by atoms with Gasteiger partial charge in [0.15, 0.2) is 0 Å². The molecule has 4 aliphatic carbocycles. The SMILES string of the molecule is C[C@]12CCC(=O)[C@@H]1[C@@H]1CC[C@H]3CCCC[C@@]3(C)[C@H]1CC2. The average molecular weight is 274 g/mol. The summed E-state index contributed by atoms with van der Waals surface area (Å²) in [4.78, 5) is 12.5. The van der Waals surface area contributed by atoms with E-state index in [1.165, 1.54) is 57.8 Å². The first-order valence-electron chi connectivity index (χ1n) is 9.07. The van der Waals surface area contributed by atoms with Crippen molar-refractivity contribution >= 4 is 5.78 Å². The highest BCUT2D eigenvalue weighted by molar-refractivity contribution is 5.84. The van der Waals surface area contributed by atoms with Crippen molar-refractivity contribution in [2.24, 2.45) is 34.5 Å². The molecule has 0 radical (unpaired) electrons. The minimum atomic E-state index is 0.371. The maximum absolute atomic E-state index is 12.5. The van der Waals surface area contributed by atoms with E-state index in [-0.39, 0.29) is 0 Å². The van der Waals surface area contributed by atoms with Crippen LogP contribution in [-0.4, -0.2) is 5.78 Å². The van der Waals surface area contributed by atoms with Crippen molar-refractivity contribution in [3.63, 3.8) is 0 Å². The lowest BCUT2D eigenvalue weighted by atomic mass is 9.45. The minimum Gasteiger partial charge on any atom is -0.299 e. The number of hydrogen-bond acceptors (Lipinski definition) is 1. The third kappa shape index (κ3) is 1.64. The van der Waals surface area contributed by atoms with E-state index < -0.39 is 0 Å². The molecule has 1 nitrogen and oxygen atoms in total. The molecule has 0 aliphatic heterocycles. The quantitative estimate of drug-likeness (QED) is 0.608. The zero-order valence-electron chi connectivity index (χ0n) is 13.3. The van der Waals surface area contributed by atoms with Crippen LogP contribution in [0.3, 0.4) is 0 Å². The summed E-state index contributed by atoms with van der Waals surface area (Å²) in [6.45, 7) is 5.02. The number of hydrogen-bond donors (Lipinski definition) is 0. The Morgan fingerprint density at radius 1 is 0.950 bits per heavy atom. The second-order valence-corrected chi connectivity index (χ2v) is 8.93. The fraction of sp³-hybridized carbons (Fsp3) is 0.947. The van der Waals surface area contributed by atoms with E-state index in [0.717, 1.165) is 24.2 Å². The Labute approximate surface area is 123 Å². The van der Waals surface area contributed by atoms with Gasteiger partial charge in [0, 0.05) is 12.3 Å². The predicted octanol–water partition coefficient (Wildman–Crippen LogP) is 4.99. The molecule has 0 heterocycles. The number of carbonyl (C=O) groups excluding carboxylic acids is 1. The van der Waals surface area contributed by atoms with E-state index in [9.17, 15) is 4.79 Å². The van der Waals surface area contributed by atoms with E-state index in [1.807, 2.05) is 0 Å². The van der Waals surface area contributed by atoms with Crippen molar-refractivity contribution in [3.8, 4) is 0 Å². The van der Waals surface area contributed by atoms with Crippen molar-refractivity contribution in [2.45, 2.75) is 78.1 Å². The molecule has 20 heavy (non-hydrogen) atoms. The molecule has 4 aliphatic rings. The van der Waals surface area contributed by atoms with Crippen molar-refractivity contribution in [3.05, 3.63) is 0 Å². The normalized spacial score (nSPS) is 55.0. The van der Waals surface area contributed by atoms with Crippen LogP contribution in [0, 0.1) is 34.5 Å². The predicted molar refractivity (Wildman–Crippen MR) is 81.4 cm³/mol. The largest absolute Gasteiger partial charge is 0.299 e. The van der Waals surface area contributed by atoms with Crippen molar-refractivity contribution < 1.29 is 4.79 Å². The Balaban J connectivity index is 1.68. The first-order valence-corrected chi connectivity index (χ1v) is 9.07. The molecular weight excluding hydrogens is 244 g/mol. The van der Waals surface area contributed by atoms with Crippen LogP contribution in [0.5, 0.6) is 0 Å². The first-order chi connectivity index (χ1) is 9.55. The molecule has 4 saturated carbocycles. The fourth-order valence-corrected chi connectivity index (χ4v) is 7.05. The zero-order valence-corrected chi connectivity index (χ0v) is 13.3. The van der Waals surface area contributed by atoms with Crippen molar-refractivity contribution in [1.29, 1.82) is 0 Å². The highest BCUT2D eigenvalue weighted by Crippen LogP contribution is 2.65. The van der Waals surface area contributed by atoms with Crippen LogP contribution in [-0.2, 0) is 4.79 Å². The Morgan fingerprint density at radius 3 is 2.65 bits per heavy atom. The molecule has 1 heteroatoms. The molecule has 0 unspecified atom stereocenters. The lowest BCUT2D eigenvalue weighted by molar-refractivity contribution is -0.138.